The molecule has 1 saturated heterocycles. The average Bonchev–Trinajstić information content (AvgIpc) is 3.78. The fourth-order valence-corrected chi connectivity index (χ4v) is 6.80. The maximum Gasteiger partial charge on any atom is 0.278 e. The first-order valence-electron chi connectivity index (χ1n) is 15.5. The zero-order valence-corrected chi connectivity index (χ0v) is 25.5. The smallest absolute Gasteiger partial charge is 0.278 e. The highest BCUT2D eigenvalue weighted by atomic mass is 19.3. The second kappa shape index (κ2) is 11.5. The summed E-state index contributed by atoms with van der Waals surface area (Å²) in [4.78, 5) is 24.8. The topological polar surface area (TPSA) is 96.1 Å². The number of benzene rings is 1. The van der Waals surface area contributed by atoms with Crippen molar-refractivity contribution in [3.05, 3.63) is 63.5 Å². The van der Waals surface area contributed by atoms with Gasteiger partial charge in [-0.05, 0) is 63.6 Å². The number of alkyl halides is 2. The van der Waals surface area contributed by atoms with E-state index in [1.165, 1.54) is 29.1 Å². The number of nitriles is 1. The van der Waals surface area contributed by atoms with Crippen molar-refractivity contribution in [3.63, 3.8) is 0 Å². The normalized spacial score (nSPS) is 26.3. The molecular weight excluding hydrogens is 569 g/mol. The van der Waals surface area contributed by atoms with E-state index in [-0.39, 0.29) is 42.5 Å². The second-order valence-corrected chi connectivity index (χ2v) is 13.4. The predicted octanol–water partition coefficient (Wildman–Crippen LogP) is 5.91. The lowest BCUT2D eigenvalue weighted by Crippen LogP contribution is -2.43. The average molecular weight is 609 g/mol. The molecule has 3 aliphatic heterocycles. The molecule has 234 valence electrons. The molecule has 1 aliphatic carbocycles. The van der Waals surface area contributed by atoms with E-state index in [0.29, 0.717) is 55.0 Å². The zero-order valence-electron chi connectivity index (χ0n) is 25.5. The van der Waals surface area contributed by atoms with Crippen molar-refractivity contribution in [2.45, 2.75) is 76.8 Å². The van der Waals surface area contributed by atoms with Crippen molar-refractivity contribution >= 4 is 16.9 Å². The van der Waals surface area contributed by atoms with E-state index in [4.69, 9.17) is 4.74 Å². The predicted molar refractivity (Wildman–Crippen MR) is 161 cm³/mol. The molecule has 4 aliphatic rings. The van der Waals surface area contributed by atoms with E-state index >= 15 is 13.2 Å². The number of rotatable bonds is 1. The number of aromatic nitrogens is 3. The van der Waals surface area contributed by atoms with E-state index in [2.05, 4.69) is 40.1 Å². The minimum Gasteiger partial charge on any atom is -0.380 e. The number of hydrogen-bond donors (Lipinski definition) is 1. The largest absolute Gasteiger partial charge is 0.380 e. The van der Waals surface area contributed by atoms with Gasteiger partial charge in [0.05, 0.1) is 41.6 Å². The van der Waals surface area contributed by atoms with Gasteiger partial charge < -0.3 is 15.0 Å². The number of nitrogens with zero attached hydrogens (tertiary/aromatic N) is 5. The van der Waals surface area contributed by atoms with Crippen LogP contribution in [-0.2, 0) is 22.6 Å². The van der Waals surface area contributed by atoms with Gasteiger partial charge >= 0.3 is 0 Å². The molecule has 8 nitrogen and oxygen atoms in total. The van der Waals surface area contributed by atoms with Gasteiger partial charge in [-0.1, -0.05) is 32.0 Å². The van der Waals surface area contributed by atoms with Crippen LogP contribution in [0, 0.1) is 28.5 Å². The van der Waals surface area contributed by atoms with Crippen LogP contribution in [0.15, 0.2) is 35.4 Å². The molecule has 1 aromatic carbocycles. The quantitative estimate of drug-likeness (QED) is 0.367. The number of anilines is 1. The van der Waals surface area contributed by atoms with Crippen LogP contribution in [0.4, 0.5) is 19.0 Å². The van der Waals surface area contributed by atoms with E-state index in [9.17, 15) is 10.1 Å². The lowest BCUT2D eigenvalue weighted by molar-refractivity contribution is -0.0900. The van der Waals surface area contributed by atoms with Crippen molar-refractivity contribution in [1.29, 1.82) is 5.26 Å². The molecule has 0 amide bonds. The van der Waals surface area contributed by atoms with Crippen molar-refractivity contribution < 1.29 is 17.9 Å². The zero-order chi connectivity index (χ0) is 31.3. The molecule has 1 atom stereocenters. The molecule has 0 spiro atoms. The van der Waals surface area contributed by atoms with Crippen LogP contribution in [0.2, 0.25) is 0 Å². The highest BCUT2D eigenvalue weighted by Gasteiger charge is 2.48. The minimum absolute atomic E-state index is 0.0941. The summed E-state index contributed by atoms with van der Waals surface area (Å²) in [6.07, 6.45) is 3.79. The number of nitrogens with one attached hydrogen (secondary N) is 1. The van der Waals surface area contributed by atoms with Crippen LogP contribution in [0.1, 0.15) is 75.6 Å². The minimum atomic E-state index is -3.32. The first-order valence-corrected chi connectivity index (χ1v) is 15.5. The molecule has 44 heavy (non-hydrogen) atoms. The van der Waals surface area contributed by atoms with Crippen LogP contribution in [0.3, 0.4) is 0 Å². The van der Waals surface area contributed by atoms with Crippen LogP contribution < -0.4 is 10.9 Å². The molecule has 2 aromatic heterocycles. The molecular formula is C33H39F3N6O2. The SMILES string of the molecule is C[C@H]1Nc2ncnc3c2cc(C2(C#N)CC2)c(=O)n3CCOCCC(C)(C)CN2CCC(CC2)C(F)(F)c2cccc1c2F. The number of fused-ring (bicyclic) bond motifs is 9. The van der Waals surface area contributed by atoms with Crippen LogP contribution in [0.25, 0.3) is 11.0 Å². The van der Waals surface area contributed by atoms with E-state index in [0.717, 1.165) is 13.0 Å². The van der Waals surface area contributed by atoms with Gasteiger partial charge in [-0.25, -0.2) is 23.1 Å². The Morgan fingerprint density at radius 2 is 1.82 bits per heavy atom. The van der Waals surface area contributed by atoms with Crippen LogP contribution in [-0.4, -0.2) is 52.3 Å². The number of pyridine rings is 1. The summed E-state index contributed by atoms with van der Waals surface area (Å²) in [7, 11) is 0. The third-order valence-corrected chi connectivity index (χ3v) is 9.70. The summed E-state index contributed by atoms with van der Waals surface area (Å²) in [6.45, 7) is 8.73. The molecule has 2 fully saturated rings. The fourth-order valence-electron chi connectivity index (χ4n) is 6.80. The van der Waals surface area contributed by atoms with Crippen LogP contribution >= 0.6 is 0 Å². The lowest BCUT2D eigenvalue weighted by Gasteiger charge is -2.39. The van der Waals surface area contributed by atoms with Gasteiger partial charge in [-0.2, -0.15) is 5.26 Å². The molecule has 8 bridgehead atoms. The molecule has 11 heteroatoms. The summed E-state index contributed by atoms with van der Waals surface area (Å²) in [5, 5.41) is 13.6. The monoisotopic (exact) mass is 608 g/mol. The Morgan fingerprint density at radius 1 is 1.07 bits per heavy atom. The Kier molecular flexibility index (Phi) is 7.95. The summed E-state index contributed by atoms with van der Waals surface area (Å²) in [5.41, 5.74) is -1.04. The first-order chi connectivity index (χ1) is 21.0. The molecule has 3 aromatic rings. The molecule has 7 rings (SSSR count). The van der Waals surface area contributed by atoms with E-state index < -0.39 is 34.7 Å². The van der Waals surface area contributed by atoms with Gasteiger partial charge in [-0.3, -0.25) is 9.36 Å². The molecule has 5 heterocycles. The van der Waals surface area contributed by atoms with Gasteiger partial charge in [0.1, 0.15) is 23.6 Å². The van der Waals surface area contributed by atoms with Gasteiger partial charge in [0.25, 0.3) is 11.5 Å². The van der Waals surface area contributed by atoms with Crippen LogP contribution in [0.5, 0.6) is 0 Å². The number of halogens is 3. The van der Waals surface area contributed by atoms with E-state index in [1.54, 1.807) is 13.0 Å². The lowest BCUT2D eigenvalue weighted by atomic mass is 9.83. The molecule has 0 unspecified atom stereocenters. The van der Waals surface area contributed by atoms with Gasteiger partial charge in [-0.15, -0.1) is 0 Å². The first kappa shape index (κ1) is 30.5. The summed E-state index contributed by atoms with van der Waals surface area (Å²) in [5.74, 6) is -4.88. The van der Waals surface area contributed by atoms with Gasteiger partial charge in [0, 0.05) is 30.2 Å². The van der Waals surface area contributed by atoms with Crippen molar-refractivity contribution in [1.82, 2.24) is 19.4 Å². The van der Waals surface area contributed by atoms with Crippen molar-refractivity contribution in [2.75, 3.05) is 38.2 Å². The third kappa shape index (κ3) is 5.58. The Balaban J connectivity index is 1.44. The number of ether oxygens (including phenoxy) is 1. The third-order valence-electron chi connectivity index (χ3n) is 9.70. The maximum atomic E-state index is 16.0. The number of piperidine rings is 1. The molecule has 1 N–H and O–H groups in total. The van der Waals surface area contributed by atoms with Gasteiger partial charge in [0.15, 0.2) is 0 Å². The Hall–Kier alpha value is -3.49. The fraction of sp³-hybridized carbons (Fsp3) is 0.576. The highest BCUT2D eigenvalue weighted by Crippen LogP contribution is 2.47. The van der Waals surface area contributed by atoms with E-state index in [1.807, 2.05) is 0 Å². The highest BCUT2D eigenvalue weighted by molar-refractivity contribution is 5.87. The number of hydrogen-bond acceptors (Lipinski definition) is 7. The maximum absolute atomic E-state index is 16.0. The van der Waals surface area contributed by atoms with Crippen molar-refractivity contribution in [3.8, 4) is 6.07 Å². The van der Waals surface area contributed by atoms with Gasteiger partial charge in [0.2, 0.25) is 0 Å². The summed E-state index contributed by atoms with van der Waals surface area (Å²) >= 11 is 0. The Labute approximate surface area is 255 Å². The molecule has 1 saturated carbocycles. The second-order valence-electron chi connectivity index (χ2n) is 13.4. The summed E-state index contributed by atoms with van der Waals surface area (Å²) < 4.78 is 55.4. The summed E-state index contributed by atoms with van der Waals surface area (Å²) in [6, 6.07) is 7.41. The van der Waals surface area contributed by atoms with Crippen molar-refractivity contribution in [2.24, 2.45) is 11.3 Å². The Morgan fingerprint density at radius 3 is 2.52 bits per heavy atom. The standard InChI is InChI=1S/C33H39F3N6O2/c1-21-23-5-4-6-25(27(23)34)33(35,36)22-7-12-41(13-8-22)19-31(2,3)11-15-44-16-14-42-29-24(28(40-21)38-20-39-29)17-26(30(42)43)32(18-37)9-10-32/h4-6,17,20-22H,7-16,19H2,1-3H3,(H,38,39,40)/t21-/m1/s1. The molecule has 0 radical (unpaired) electrons. The Bertz CT molecular complexity index is 1650.